The maximum atomic E-state index is 5.62. The van der Waals surface area contributed by atoms with Gasteiger partial charge < -0.3 is 15.0 Å². The van der Waals surface area contributed by atoms with Gasteiger partial charge in [0.2, 0.25) is 0 Å². The molecule has 0 amide bonds. The second kappa shape index (κ2) is 6.38. The van der Waals surface area contributed by atoms with Crippen molar-refractivity contribution < 1.29 is 4.74 Å². The molecule has 102 valence electrons. The van der Waals surface area contributed by atoms with Crippen molar-refractivity contribution in [3.05, 3.63) is 36.8 Å². The first-order chi connectivity index (χ1) is 9.19. The topological polar surface area (TPSA) is 53.1 Å². The SMILES string of the molecule is CC(C)Oc1ccc(-c2cn(CCCN)cn2)cc1. The van der Waals surface area contributed by atoms with Crippen molar-refractivity contribution in [2.45, 2.75) is 32.9 Å². The van der Waals surface area contributed by atoms with Crippen LogP contribution in [-0.2, 0) is 6.54 Å². The number of hydrogen-bond donors (Lipinski definition) is 1. The molecule has 0 aliphatic rings. The van der Waals surface area contributed by atoms with Gasteiger partial charge in [-0.3, -0.25) is 0 Å². The molecule has 0 bridgehead atoms. The van der Waals surface area contributed by atoms with Gasteiger partial charge in [-0.1, -0.05) is 0 Å². The van der Waals surface area contributed by atoms with Gasteiger partial charge >= 0.3 is 0 Å². The average Bonchev–Trinajstić information content (AvgIpc) is 2.85. The van der Waals surface area contributed by atoms with Crippen molar-refractivity contribution in [2.24, 2.45) is 5.73 Å². The molecule has 0 aliphatic heterocycles. The van der Waals surface area contributed by atoms with Crippen LogP contribution in [0.4, 0.5) is 0 Å². The van der Waals surface area contributed by atoms with Crippen LogP contribution in [0.5, 0.6) is 5.75 Å². The predicted molar refractivity (Wildman–Crippen MR) is 77.1 cm³/mol. The molecule has 1 aromatic heterocycles. The van der Waals surface area contributed by atoms with Crippen LogP contribution in [0, 0.1) is 0 Å². The van der Waals surface area contributed by atoms with Gasteiger partial charge in [0.1, 0.15) is 5.75 Å². The van der Waals surface area contributed by atoms with E-state index in [0.29, 0.717) is 6.54 Å². The molecule has 0 saturated carbocycles. The van der Waals surface area contributed by atoms with Crippen LogP contribution in [0.1, 0.15) is 20.3 Å². The molecular formula is C15H21N3O. The molecule has 0 aliphatic carbocycles. The summed E-state index contributed by atoms with van der Waals surface area (Å²) >= 11 is 0. The van der Waals surface area contributed by atoms with E-state index in [-0.39, 0.29) is 6.10 Å². The normalized spacial score (nSPS) is 10.9. The molecule has 4 heteroatoms. The summed E-state index contributed by atoms with van der Waals surface area (Å²) < 4.78 is 7.69. The molecule has 2 rings (SSSR count). The fraction of sp³-hybridized carbons (Fsp3) is 0.400. The highest BCUT2D eigenvalue weighted by Gasteiger charge is 2.03. The smallest absolute Gasteiger partial charge is 0.119 e. The number of ether oxygens (including phenoxy) is 1. The Kier molecular flexibility index (Phi) is 4.58. The number of nitrogens with two attached hydrogens (primary N) is 1. The summed E-state index contributed by atoms with van der Waals surface area (Å²) in [6.07, 6.45) is 5.07. The van der Waals surface area contributed by atoms with E-state index in [4.69, 9.17) is 10.5 Å². The third kappa shape index (κ3) is 3.83. The van der Waals surface area contributed by atoms with Crippen LogP contribution >= 0.6 is 0 Å². The Morgan fingerprint density at radius 2 is 2.00 bits per heavy atom. The summed E-state index contributed by atoms with van der Waals surface area (Å²) in [6.45, 7) is 5.66. The first kappa shape index (κ1) is 13.6. The third-order valence-electron chi connectivity index (χ3n) is 2.78. The predicted octanol–water partition coefficient (Wildman–Crippen LogP) is 2.69. The lowest BCUT2D eigenvalue weighted by Crippen LogP contribution is -2.05. The molecule has 1 aromatic carbocycles. The third-order valence-corrected chi connectivity index (χ3v) is 2.78. The van der Waals surface area contributed by atoms with Gasteiger partial charge in [-0.05, 0) is 51.1 Å². The summed E-state index contributed by atoms with van der Waals surface area (Å²) in [7, 11) is 0. The highest BCUT2D eigenvalue weighted by atomic mass is 16.5. The summed E-state index contributed by atoms with van der Waals surface area (Å²) in [5.74, 6) is 0.890. The highest BCUT2D eigenvalue weighted by molar-refractivity contribution is 5.59. The number of hydrogen-bond acceptors (Lipinski definition) is 3. The Labute approximate surface area is 114 Å². The maximum Gasteiger partial charge on any atom is 0.119 e. The first-order valence-corrected chi connectivity index (χ1v) is 6.68. The van der Waals surface area contributed by atoms with Crippen LogP contribution in [0.2, 0.25) is 0 Å². The maximum absolute atomic E-state index is 5.62. The Morgan fingerprint density at radius 1 is 1.26 bits per heavy atom. The van der Waals surface area contributed by atoms with E-state index in [0.717, 1.165) is 30.0 Å². The summed E-state index contributed by atoms with van der Waals surface area (Å²) in [4.78, 5) is 4.41. The zero-order chi connectivity index (χ0) is 13.7. The number of imidazole rings is 1. The fourth-order valence-electron chi connectivity index (χ4n) is 1.88. The number of aromatic nitrogens is 2. The lowest BCUT2D eigenvalue weighted by atomic mass is 10.1. The Balaban J connectivity index is 2.07. The van der Waals surface area contributed by atoms with E-state index in [1.54, 1.807) is 0 Å². The molecule has 2 aromatic rings. The molecule has 0 spiro atoms. The lowest BCUT2D eigenvalue weighted by Gasteiger charge is -2.09. The molecule has 0 saturated heterocycles. The van der Waals surface area contributed by atoms with Crippen LogP contribution in [0.25, 0.3) is 11.3 Å². The van der Waals surface area contributed by atoms with Crippen molar-refractivity contribution in [2.75, 3.05) is 6.54 Å². The highest BCUT2D eigenvalue weighted by Crippen LogP contribution is 2.21. The largest absolute Gasteiger partial charge is 0.491 e. The molecule has 4 nitrogen and oxygen atoms in total. The molecule has 2 N–H and O–H groups in total. The van der Waals surface area contributed by atoms with Gasteiger partial charge in [-0.25, -0.2) is 4.98 Å². The van der Waals surface area contributed by atoms with Crippen molar-refractivity contribution >= 4 is 0 Å². The van der Waals surface area contributed by atoms with Crippen LogP contribution in [0.3, 0.4) is 0 Å². The lowest BCUT2D eigenvalue weighted by molar-refractivity contribution is 0.242. The molecule has 0 unspecified atom stereocenters. The number of aryl methyl sites for hydroxylation is 1. The van der Waals surface area contributed by atoms with E-state index in [2.05, 4.69) is 9.55 Å². The second-order valence-corrected chi connectivity index (χ2v) is 4.83. The molecular weight excluding hydrogens is 238 g/mol. The van der Waals surface area contributed by atoms with Gasteiger partial charge in [0.05, 0.1) is 18.1 Å². The molecule has 0 fully saturated rings. The van der Waals surface area contributed by atoms with Gasteiger partial charge in [0, 0.05) is 18.3 Å². The van der Waals surface area contributed by atoms with E-state index in [9.17, 15) is 0 Å². The number of benzene rings is 1. The van der Waals surface area contributed by atoms with Crippen molar-refractivity contribution in [1.29, 1.82) is 0 Å². The Hall–Kier alpha value is -1.81. The minimum absolute atomic E-state index is 0.196. The standard InChI is InChI=1S/C15H21N3O/c1-12(2)19-14-6-4-13(5-7-14)15-10-18(11-17-15)9-3-8-16/h4-7,10-12H,3,8-9,16H2,1-2H3. The molecule has 1 heterocycles. The monoisotopic (exact) mass is 259 g/mol. The van der Waals surface area contributed by atoms with Gasteiger partial charge in [-0.2, -0.15) is 0 Å². The minimum atomic E-state index is 0.196. The number of rotatable bonds is 6. The second-order valence-electron chi connectivity index (χ2n) is 4.83. The van der Waals surface area contributed by atoms with Crippen LogP contribution in [0.15, 0.2) is 36.8 Å². The number of nitrogens with zero attached hydrogens (tertiary/aromatic N) is 2. The van der Waals surface area contributed by atoms with Crippen molar-refractivity contribution in [3.8, 4) is 17.0 Å². The van der Waals surface area contributed by atoms with Crippen LogP contribution < -0.4 is 10.5 Å². The van der Waals surface area contributed by atoms with E-state index < -0.39 is 0 Å². The van der Waals surface area contributed by atoms with E-state index in [1.807, 2.05) is 50.6 Å². The Bertz CT molecular complexity index is 502. The zero-order valence-electron chi connectivity index (χ0n) is 11.5. The molecule has 0 atom stereocenters. The zero-order valence-corrected chi connectivity index (χ0v) is 11.5. The van der Waals surface area contributed by atoms with Gasteiger partial charge in [-0.15, -0.1) is 0 Å². The van der Waals surface area contributed by atoms with Crippen molar-refractivity contribution in [1.82, 2.24) is 9.55 Å². The summed E-state index contributed by atoms with van der Waals surface area (Å²) in [6, 6.07) is 8.03. The van der Waals surface area contributed by atoms with Crippen molar-refractivity contribution in [3.63, 3.8) is 0 Å². The fourth-order valence-corrected chi connectivity index (χ4v) is 1.88. The first-order valence-electron chi connectivity index (χ1n) is 6.68. The van der Waals surface area contributed by atoms with Gasteiger partial charge in [0.15, 0.2) is 0 Å². The summed E-state index contributed by atoms with van der Waals surface area (Å²) in [5, 5.41) is 0. The summed E-state index contributed by atoms with van der Waals surface area (Å²) in [5.41, 5.74) is 7.58. The van der Waals surface area contributed by atoms with Crippen LogP contribution in [-0.4, -0.2) is 22.2 Å². The quantitative estimate of drug-likeness (QED) is 0.867. The average molecular weight is 259 g/mol. The Morgan fingerprint density at radius 3 is 2.63 bits per heavy atom. The van der Waals surface area contributed by atoms with E-state index >= 15 is 0 Å². The minimum Gasteiger partial charge on any atom is -0.491 e. The van der Waals surface area contributed by atoms with Gasteiger partial charge in [0.25, 0.3) is 0 Å². The molecule has 19 heavy (non-hydrogen) atoms. The molecule has 0 radical (unpaired) electrons. The van der Waals surface area contributed by atoms with E-state index in [1.165, 1.54) is 0 Å².